The predicted octanol–water partition coefficient (Wildman–Crippen LogP) is 1.27. The average Bonchev–Trinajstić information content (AvgIpc) is 2.49. The van der Waals surface area contributed by atoms with Gasteiger partial charge in [-0.15, -0.1) is 0 Å². The molecule has 106 valence electrons. The molecular weight excluding hydrogens is 250 g/mol. The first-order valence-electron chi connectivity index (χ1n) is 7.02. The molecule has 0 saturated carbocycles. The smallest absolute Gasteiger partial charge is 0.145 e. The number of nitrogens with one attached hydrogen (secondary N) is 1. The molecule has 1 aromatic carbocycles. The summed E-state index contributed by atoms with van der Waals surface area (Å²) in [4.78, 5) is 9.41. The molecule has 3 rings (SSSR count). The van der Waals surface area contributed by atoms with Gasteiger partial charge in [-0.25, -0.2) is 10.8 Å². The summed E-state index contributed by atoms with van der Waals surface area (Å²) in [6.07, 6.45) is 0. The van der Waals surface area contributed by atoms with Crippen molar-refractivity contribution in [2.75, 3.05) is 38.7 Å². The Morgan fingerprint density at radius 3 is 2.70 bits per heavy atom. The van der Waals surface area contributed by atoms with E-state index in [1.54, 1.807) is 0 Å². The summed E-state index contributed by atoms with van der Waals surface area (Å²) >= 11 is 0. The molecule has 2 aromatic rings. The van der Waals surface area contributed by atoms with Crippen LogP contribution in [0.4, 0.5) is 5.82 Å². The maximum atomic E-state index is 5.63. The molecule has 1 fully saturated rings. The third-order valence-electron chi connectivity index (χ3n) is 3.93. The Hall–Kier alpha value is -1.69. The number of fused-ring (bicyclic) bond motifs is 1. The highest BCUT2D eigenvalue weighted by molar-refractivity contribution is 5.81. The van der Waals surface area contributed by atoms with Crippen molar-refractivity contribution >= 4 is 16.7 Å². The number of para-hydroxylation sites is 1. The minimum atomic E-state index is 0.780. The van der Waals surface area contributed by atoms with Gasteiger partial charge < -0.3 is 10.3 Å². The van der Waals surface area contributed by atoms with Gasteiger partial charge in [0.1, 0.15) is 5.82 Å². The largest absolute Gasteiger partial charge is 0.308 e. The molecule has 0 atom stereocenters. The van der Waals surface area contributed by atoms with Crippen LogP contribution in [0.3, 0.4) is 0 Å². The van der Waals surface area contributed by atoms with Crippen molar-refractivity contribution in [3.63, 3.8) is 0 Å². The average molecular weight is 271 g/mol. The van der Waals surface area contributed by atoms with Crippen molar-refractivity contribution in [1.29, 1.82) is 0 Å². The van der Waals surface area contributed by atoms with Crippen molar-refractivity contribution in [3.05, 3.63) is 35.9 Å². The molecule has 5 heteroatoms. The van der Waals surface area contributed by atoms with E-state index in [1.165, 1.54) is 0 Å². The standard InChI is InChI=1S/C15H21N5/c1-19-6-8-20(9-7-19)11-13-10-12-4-2-3-5-14(12)17-15(13)18-16/h2-5,10H,6-9,11,16H2,1H3,(H,17,18). The molecular formula is C15H21N5. The number of pyridine rings is 1. The lowest BCUT2D eigenvalue weighted by Gasteiger charge is -2.32. The fourth-order valence-electron chi connectivity index (χ4n) is 2.65. The van der Waals surface area contributed by atoms with E-state index >= 15 is 0 Å². The van der Waals surface area contributed by atoms with Gasteiger partial charge in [0, 0.05) is 43.7 Å². The molecule has 20 heavy (non-hydrogen) atoms. The number of anilines is 1. The zero-order chi connectivity index (χ0) is 13.9. The van der Waals surface area contributed by atoms with Crippen LogP contribution in [0.5, 0.6) is 0 Å². The first-order chi connectivity index (χ1) is 9.76. The van der Waals surface area contributed by atoms with Crippen molar-refractivity contribution in [2.24, 2.45) is 5.84 Å². The summed E-state index contributed by atoms with van der Waals surface area (Å²) in [6, 6.07) is 10.3. The maximum Gasteiger partial charge on any atom is 0.145 e. The number of hydrogen-bond donors (Lipinski definition) is 2. The Kier molecular flexibility index (Phi) is 3.82. The monoisotopic (exact) mass is 271 g/mol. The molecule has 0 unspecified atom stereocenters. The maximum absolute atomic E-state index is 5.63. The first-order valence-corrected chi connectivity index (χ1v) is 7.02. The van der Waals surface area contributed by atoms with Crippen LogP contribution in [0, 0.1) is 0 Å². The predicted molar refractivity (Wildman–Crippen MR) is 82.3 cm³/mol. The van der Waals surface area contributed by atoms with Crippen LogP contribution in [0.2, 0.25) is 0 Å². The van der Waals surface area contributed by atoms with Gasteiger partial charge in [-0.3, -0.25) is 4.90 Å². The number of nitrogens with two attached hydrogens (primary N) is 1. The molecule has 1 aliphatic heterocycles. The summed E-state index contributed by atoms with van der Waals surface area (Å²) in [5, 5.41) is 1.16. The Bertz CT molecular complexity index is 590. The number of rotatable bonds is 3. The molecule has 3 N–H and O–H groups in total. The molecule has 2 heterocycles. The van der Waals surface area contributed by atoms with Gasteiger partial charge >= 0.3 is 0 Å². The molecule has 0 aliphatic carbocycles. The number of aromatic nitrogens is 1. The van der Waals surface area contributed by atoms with Gasteiger partial charge in [0.25, 0.3) is 0 Å². The second-order valence-corrected chi connectivity index (χ2v) is 5.41. The van der Waals surface area contributed by atoms with Crippen LogP contribution in [-0.4, -0.2) is 48.0 Å². The van der Waals surface area contributed by atoms with E-state index in [1.807, 2.05) is 18.2 Å². The fraction of sp³-hybridized carbons (Fsp3) is 0.400. The Morgan fingerprint density at radius 2 is 1.95 bits per heavy atom. The van der Waals surface area contributed by atoms with E-state index in [0.717, 1.165) is 55.0 Å². The number of nitrogens with zero attached hydrogens (tertiary/aromatic N) is 3. The summed E-state index contributed by atoms with van der Waals surface area (Å²) in [6.45, 7) is 5.31. The molecule has 0 spiro atoms. The second-order valence-electron chi connectivity index (χ2n) is 5.41. The van der Waals surface area contributed by atoms with Gasteiger partial charge in [0.2, 0.25) is 0 Å². The van der Waals surface area contributed by atoms with Gasteiger partial charge in [-0.05, 0) is 19.2 Å². The normalized spacial score (nSPS) is 17.5. The van der Waals surface area contributed by atoms with Crippen molar-refractivity contribution < 1.29 is 0 Å². The SMILES string of the molecule is CN1CCN(Cc2cc3ccccc3nc2NN)CC1. The minimum absolute atomic E-state index is 0.780. The van der Waals surface area contributed by atoms with Gasteiger partial charge in [-0.1, -0.05) is 18.2 Å². The Balaban J connectivity index is 1.86. The van der Waals surface area contributed by atoms with Crippen molar-refractivity contribution in [1.82, 2.24) is 14.8 Å². The third kappa shape index (κ3) is 2.75. The molecule has 0 amide bonds. The van der Waals surface area contributed by atoms with E-state index in [4.69, 9.17) is 5.84 Å². The molecule has 5 nitrogen and oxygen atoms in total. The molecule has 0 bridgehead atoms. The number of hydrogen-bond acceptors (Lipinski definition) is 5. The lowest BCUT2D eigenvalue weighted by Crippen LogP contribution is -2.44. The lowest BCUT2D eigenvalue weighted by atomic mass is 10.1. The highest BCUT2D eigenvalue weighted by Crippen LogP contribution is 2.21. The zero-order valence-electron chi connectivity index (χ0n) is 11.8. The summed E-state index contributed by atoms with van der Waals surface area (Å²) in [5.41, 5.74) is 4.88. The number of benzene rings is 1. The van der Waals surface area contributed by atoms with Crippen molar-refractivity contribution in [3.8, 4) is 0 Å². The van der Waals surface area contributed by atoms with Gasteiger partial charge in [0.05, 0.1) is 5.52 Å². The number of nitrogen functional groups attached to an aromatic ring is 1. The summed E-state index contributed by atoms with van der Waals surface area (Å²) in [7, 11) is 2.17. The van der Waals surface area contributed by atoms with Crippen LogP contribution in [0.1, 0.15) is 5.56 Å². The highest BCUT2D eigenvalue weighted by Gasteiger charge is 2.16. The van der Waals surface area contributed by atoms with Crippen LogP contribution in [-0.2, 0) is 6.54 Å². The van der Waals surface area contributed by atoms with Crippen LogP contribution < -0.4 is 11.3 Å². The van der Waals surface area contributed by atoms with Gasteiger partial charge in [-0.2, -0.15) is 0 Å². The van der Waals surface area contributed by atoms with E-state index in [2.05, 4.69) is 39.4 Å². The van der Waals surface area contributed by atoms with E-state index in [-0.39, 0.29) is 0 Å². The lowest BCUT2D eigenvalue weighted by molar-refractivity contribution is 0.148. The molecule has 0 radical (unpaired) electrons. The number of hydrazine groups is 1. The van der Waals surface area contributed by atoms with Crippen LogP contribution in [0.15, 0.2) is 30.3 Å². The first kappa shape index (κ1) is 13.3. The summed E-state index contributed by atoms with van der Waals surface area (Å²) in [5.74, 6) is 6.41. The van der Waals surface area contributed by atoms with Crippen molar-refractivity contribution in [2.45, 2.75) is 6.54 Å². The topological polar surface area (TPSA) is 57.4 Å². The van der Waals surface area contributed by atoms with Gasteiger partial charge in [0.15, 0.2) is 0 Å². The van der Waals surface area contributed by atoms with E-state index < -0.39 is 0 Å². The quantitative estimate of drug-likeness (QED) is 0.650. The number of likely N-dealkylation sites (N-methyl/N-ethyl adjacent to an activating group) is 1. The Morgan fingerprint density at radius 1 is 1.20 bits per heavy atom. The zero-order valence-corrected chi connectivity index (χ0v) is 11.8. The van der Waals surface area contributed by atoms with E-state index in [0.29, 0.717) is 0 Å². The van der Waals surface area contributed by atoms with E-state index in [9.17, 15) is 0 Å². The minimum Gasteiger partial charge on any atom is -0.308 e. The van der Waals surface area contributed by atoms with Crippen LogP contribution in [0.25, 0.3) is 10.9 Å². The van der Waals surface area contributed by atoms with Crippen LogP contribution >= 0.6 is 0 Å². The fourth-order valence-corrected chi connectivity index (χ4v) is 2.65. The molecule has 1 aromatic heterocycles. The number of piperazine rings is 1. The summed E-state index contributed by atoms with van der Waals surface area (Å²) < 4.78 is 0. The Labute approximate surface area is 119 Å². The second kappa shape index (κ2) is 5.75. The molecule has 1 saturated heterocycles. The third-order valence-corrected chi connectivity index (χ3v) is 3.93. The highest BCUT2D eigenvalue weighted by atomic mass is 15.3. The molecule has 1 aliphatic rings.